The SMILES string of the molecule is CCN1CC[C@@H]2Nc3ccc(S(=O)(=O)c4ccc(F)c(F)c4)cc3[C@@H]2CC1. The highest BCUT2D eigenvalue weighted by Gasteiger charge is 2.35. The van der Waals surface area contributed by atoms with Gasteiger partial charge in [-0.15, -0.1) is 0 Å². The Morgan fingerprint density at radius 2 is 1.74 bits per heavy atom. The lowest BCUT2D eigenvalue weighted by atomic mass is 9.91. The molecule has 4 rings (SSSR count). The third kappa shape index (κ3) is 3.23. The molecular weight excluding hydrogens is 370 g/mol. The van der Waals surface area contributed by atoms with Crippen LogP contribution in [0.3, 0.4) is 0 Å². The molecule has 0 bridgehead atoms. The van der Waals surface area contributed by atoms with Crippen molar-refractivity contribution in [3.8, 4) is 0 Å². The smallest absolute Gasteiger partial charge is 0.206 e. The van der Waals surface area contributed by atoms with E-state index in [-0.39, 0.29) is 15.7 Å². The number of likely N-dealkylation sites (tertiary alicyclic amines) is 1. The number of nitrogens with zero attached hydrogens (tertiary/aromatic N) is 1. The lowest BCUT2D eigenvalue weighted by Gasteiger charge is -2.17. The summed E-state index contributed by atoms with van der Waals surface area (Å²) in [5.74, 6) is -1.96. The fraction of sp³-hybridized carbons (Fsp3) is 0.400. The molecule has 7 heteroatoms. The molecule has 2 aliphatic heterocycles. The molecule has 2 aromatic carbocycles. The van der Waals surface area contributed by atoms with Crippen molar-refractivity contribution in [1.29, 1.82) is 0 Å². The van der Waals surface area contributed by atoms with Crippen molar-refractivity contribution >= 4 is 15.5 Å². The first-order valence-corrected chi connectivity index (χ1v) is 10.7. The van der Waals surface area contributed by atoms with Crippen LogP contribution in [0.5, 0.6) is 0 Å². The van der Waals surface area contributed by atoms with E-state index in [1.165, 1.54) is 6.07 Å². The fourth-order valence-electron chi connectivity index (χ4n) is 4.14. The fourth-order valence-corrected chi connectivity index (χ4v) is 5.45. The van der Waals surface area contributed by atoms with Gasteiger partial charge in [0.25, 0.3) is 0 Å². The number of hydrogen-bond acceptors (Lipinski definition) is 4. The largest absolute Gasteiger partial charge is 0.381 e. The molecule has 4 nitrogen and oxygen atoms in total. The zero-order valence-corrected chi connectivity index (χ0v) is 15.9. The summed E-state index contributed by atoms with van der Waals surface area (Å²) in [6.45, 7) is 5.17. The van der Waals surface area contributed by atoms with Gasteiger partial charge < -0.3 is 10.2 Å². The van der Waals surface area contributed by atoms with E-state index in [0.29, 0.717) is 6.04 Å². The van der Waals surface area contributed by atoms with Crippen LogP contribution in [0.15, 0.2) is 46.2 Å². The van der Waals surface area contributed by atoms with Crippen LogP contribution in [0.25, 0.3) is 0 Å². The maximum atomic E-state index is 13.5. The van der Waals surface area contributed by atoms with Crippen molar-refractivity contribution in [2.75, 3.05) is 25.0 Å². The van der Waals surface area contributed by atoms with E-state index < -0.39 is 21.5 Å². The first-order valence-electron chi connectivity index (χ1n) is 9.23. The lowest BCUT2D eigenvalue weighted by Crippen LogP contribution is -2.25. The number of nitrogens with one attached hydrogen (secondary N) is 1. The number of rotatable bonds is 3. The summed E-state index contributed by atoms with van der Waals surface area (Å²) >= 11 is 0. The number of fused-ring (bicyclic) bond motifs is 3. The predicted molar refractivity (Wildman–Crippen MR) is 99.8 cm³/mol. The Labute approximate surface area is 158 Å². The van der Waals surface area contributed by atoms with E-state index in [1.807, 2.05) is 0 Å². The van der Waals surface area contributed by atoms with Gasteiger partial charge in [-0.25, -0.2) is 17.2 Å². The topological polar surface area (TPSA) is 49.4 Å². The molecule has 1 fully saturated rings. The molecule has 27 heavy (non-hydrogen) atoms. The highest BCUT2D eigenvalue weighted by Crippen LogP contribution is 2.42. The highest BCUT2D eigenvalue weighted by molar-refractivity contribution is 7.91. The van der Waals surface area contributed by atoms with Crippen LogP contribution in [-0.2, 0) is 9.84 Å². The van der Waals surface area contributed by atoms with Gasteiger partial charge in [0.05, 0.1) is 9.79 Å². The van der Waals surface area contributed by atoms with Gasteiger partial charge in [0, 0.05) is 24.2 Å². The van der Waals surface area contributed by atoms with E-state index >= 15 is 0 Å². The number of benzene rings is 2. The number of hydrogen-bond donors (Lipinski definition) is 1. The number of halogens is 2. The summed E-state index contributed by atoms with van der Waals surface area (Å²) in [5, 5.41) is 3.52. The lowest BCUT2D eigenvalue weighted by molar-refractivity contribution is 0.298. The minimum absolute atomic E-state index is 0.117. The van der Waals surface area contributed by atoms with Crippen LogP contribution >= 0.6 is 0 Å². The maximum Gasteiger partial charge on any atom is 0.206 e. The normalized spacial score (nSPS) is 22.6. The molecule has 0 radical (unpaired) electrons. The standard InChI is InChI=1S/C20H22F2N2O2S/c1-2-24-9-7-15-16-11-13(4-6-19(16)23-20(15)8-10-24)27(25,26)14-3-5-17(21)18(22)12-14/h3-6,11-12,15,20,23H,2,7-10H2,1H3/t15-,20-/m0/s1. The van der Waals surface area contributed by atoms with Crippen molar-refractivity contribution in [3.05, 3.63) is 53.6 Å². The van der Waals surface area contributed by atoms with Crippen molar-refractivity contribution < 1.29 is 17.2 Å². The number of anilines is 1. The van der Waals surface area contributed by atoms with Crippen molar-refractivity contribution in [2.24, 2.45) is 0 Å². The second-order valence-electron chi connectivity index (χ2n) is 7.20. The van der Waals surface area contributed by atoms with Crippen molar-refractivity contribution in [3.63, 3.8) is 0 Å². The minimum atomic E-state index is -3.91. The summed E-state index contributed by atoms with van der Waals surface area (Å²) in [5.41, 5.74) is 1.97. The van der Waals surface area contributed by atoms with Gasteiger partial charge in [-0.1, -0.05) is 6.92 Å². The molecule has 0 saturated carbocycles. The molecule has 1 N–H and O–H groups in total. The van der Waals surface area contributed by atoms with Gasteiger partial charge >= 0.3 is 0 Å². The Kier molecular flexibility index (Phi) is 4.68. The van der Waals surface area contributed by atoms with Crippen molar-refractivity contribution in [2.45, 2.75) is 41.5 Å². The maximum absolute atomic E-state index is 13.5. The molecule has 0 aliphatic carbocycles. The molecule has 2 aromatic rings. The van der Waals surface area contributed by atoms with Gasteiger partial charge in [-0.3, -0.25) is 0 Å². The van der Waals surface area contributed by atoms with Crippen LogP contribution < -0.4 is 5.32 Å². The molecule has 2 atom stereocenters. The Bertz CT molecular complexity index is 978. The van der Waals surface area contributed by atoms with Gasteiger partial charge in [-0.05, 0) is 67.9 Å². The molecule has 0 unspecified atom stereocenters. The summed E-state index contributed by atoms with van der Waals surface area (Å²) in [7, 11) is -3.91. The van der Waals surface area contributed by atoms with E-state index in [0.717, 1.165) is 61.9 Å². The molecular formula is C20H22F2N2O2S. The summed E-state index contributed by atoms with van der Waals surface area (Å²) in [4.78, 5) is 2.29. The van der Waals surface area contributed by atoms with E-state index in [1.54, 1.807) is 12.1 Å². The van der Waals surface area contributed by atoms with E-state index in [2.05, 4.69) is 17.1 Å². The highest BCUT2D eigenvalue weighted by atomic mass is 32.2. The Hall–Kier alpha value is -1.99. The van der Waals surface area contributed by atoms with Crippen LogP contribution in [-0.4, -0.2) is 39.0 Å². The monoisotopic (exact) mass is 392 g/mol. The van der Waals surface area contributed by atoms with Gasteiger partial charge in [-0.2, -0.15) is 0 Å². The molecule has 0 amide bonds. The average Bonchev–Trinajstić information content (AvgIpc) is 2.87. The molecule has 0 aromatic heterocycles. The van der Waals surface area contributed by atoms with E-state index in [9.17, 15) is 17.2 Å². The molecule has 144 valence electrons. The van der Waals surface area contributed by atoms with Gasteiger partial charge in [0.2, 0.25) is 9.84 Å². The zero-order valence-electron chi connectivity index (χ0n) is 15.1. The second-order valence-corrected chi connectivity index (χ2v) is 9.15. The van der Waals surface area contributed by atoms with Crippen LogP contribution in [0.4, 0.5) is 14.5 Å². The molecule has 2 heterocycles. The number of sulfone groups is 1. The first kappa shape index (κ1) is 18.4. The first-order chi connectivity index (χ1) is 12.9. The molecule has 0 spiro atoms. The summed E-state index contributed by atoms with van der Waals surface area (Å²) < 4.78 is 52.5. The predicted octanol–water partition coefficient (Wildman–Crippen LogP) is 3.79. The average molecular weight is 392 g/mol. The molecule has 1 saturated heterocycles. The second kappa shape index (κ2) is 6.87. The third-order valence-electron chi connectivity index (χ3n) is 5.72. The summed E-state index contributed by atoms with van der Waals surface area (Å²) in [6.07, 6.45) is 1.98. The third-order valence-corrected chi connectivity index (χ3v) is 7.47. The summed E-state index contributed by atoms with van der Waals surface area (Å²) in [6, 6.07) is 8.01. The van der Waals surface area contributed by atoms with Crippen LogP contribution in [0, 0.1) is 11.6 Å². The van der Waals surface area contributed by atoms with Crippen LogP contribution in [0.2, 0.25) is 0 Å². The van der Waals surface area contributed by atoms with Crippen LogP contribution in [0.1, 0.15) is 31.2 Å². The zero-order chi connectivity index (χ0) is 19.2. The van der Waals surface area contributed by atoms with E-state index in [4.69, 9.17) is 0 Å². The Morgan fingerprint density at radius 3 is 2.48 bits per heavy atom. The van der Waals surface area contributed by atoms with Crippen molar-refractivity contribution in [1.82, 2.24) is 4.90 Å². The quantitative estimate of drug-likeness (QED) is 0.808. The molecule has 2 aliphatic rings. The van der Waals surface area contributed by atoms with Gasteiger partial charge in [0.15, 0.2) is 11.6 Å². The minimum Gasteiger partial charge on any atom is -0.381 e. The Balaban J connectivity index is 1.69. The Morgan fingerprint density at radius 1 is 1.04 bits per heavy atom. The van der Waals surface area contributed by atoms with Gasteiger partial charge in [0.1, 0.15) is 0 Å².